The first-order valence-corrected chi connectivity index (χ1v) is 52.2. The molecule has 0 aliphatic carbocycles. The number of carbonyl (C=O) groups is 10. The Bertz CT molecular complexity index is 5580. The van der Waals surface area contributed by atoms with Gasteiger partial charge in [0.05, 0.1) is 36.9 Å². The van der Waals surface area contributed by atoms with Gasteiger partial charge in [0.2, 0.25) is 17.7 Å². The molecule has 7 atom stereocenters. The maximum atomic E-state index is 12.8. The first-order chi connectivity index (χ1) is 66.7. The summed E-state index contributed by atoms with van der Waals surface area (Å²) in [7, 11) is 0. The highest BCUT2D eigenvalue weighted by molar-refractivity contribution is 8.00. The number of hydrogen-bond acceptors (Lipinski definition) is 24. The van der Waals surface area contributed by atoms with E-state index in [1.165, 1.54) is 71.3 Å². The molecule has 16 N–H and O–H groups in total. The predicted molar refractivity (Wildman–Crippen MR) is 567 cm³/mol. The molecule has 10 rings (SSSR count). The summed E-state index contributed by atoms with van der Waals surface area (Å²) in [5.41, 5.74) is 4.24. The molecule has 2 unspecified atom stereocenters. The van der Waals surface area contributed by atoms with Crippen molar-refractivity contribution in [3.63, 3.8) is 0 Å². The van der Waals surface area contributed by atoms with Crippen LogP contribution in [-0.4, -0.2) is 209 Å². The number of benzene rings is 10. The number of rotatable bonds is 45. The second-order valence-electron chi connectivity index (χ2n) is 34.3. The summed E-state index contributed by atoms with van der Waals surface area (Å²) in [4.78, 5) is 130. The zero-order valence-electron chi connectivity index (χ0n) is 82.0. The van der Waals surface area contributed by atoms with E-state index in [4.69, 9.17) is 0 Å². The Morgan fingerprint density at radius 1 is 0.314 bits per heavy atom. The number of nitrogens with one attached hydrogen (secondary N) is 9. The average Bonchev–Trinajstić information content (AvgIpc) is 0.854. The zero-order chi connectivity index (χ0) is 103. The molecular weight excluding hydrogens is 1890 g/mol. The standard InChI is InChI=1S/C23H30N2O4S.C22H26N2O4S.C22H28N2O3S2.C21H28N2O3S.C20H23NO3S/c1-15(2)12-22(28)24-13-21(27)19(14-30-17-8-5-4-6-9-17)25-23(29)18-10-7-11-20(26)16(18)3;1-14(2)20(26)12-23-22(28)18(13-29-16-8-5-4-6-9-16)24-21(27)17-10-7-11-19(25)15(17)3;1-15(2)28-13-12-23-22(27)19(14-29-17-8-5-4-6-9-17)24-21(26)18-10-7-11-20(25)16(18)3;1-14(2)22-12-20(25)18(13-27-16-8-5-4-6-9-16)23-21(26)17-10-7-11-19(24)15(17)3;1-13(2)19(23)17(12-25-15-8-5-4-6-9-15)21-20(24)16-10-7-11-18(22)14(16)3/h4-11,15,19,21,26-27H,12-14H2,1-3H3,(H,24,28)(H,25,29);4-11,14,18,25H,12-13H2,1-3H3,(H,23,28)(H,24,27);4-11,15,19,25H,12-14H2,1-3H3,(H,23,27)(H,24,26);4-11,14,18,20,22,24-25H,12-13H2,1-3H3,(H,23,26);4-11,13,17,22H,12H2,1-3H3,(H,21,24)/t19-,21?;18-;19-;18-,20?;17-/m00000/s1. The van der Waals surface area contributed by atoms with Crippen LogP contribution in [0, 0.1) is 52.4 Å². The van der Waals surface area contributed by atoms with Gasteiger partial charge in [-0.25, -0.2) is 0 Å². The van der Waals surface area contributed by atoms with Crippen molar-refractivity contribution < 1.29 is 83.7 Å². The van der Waals surface area contributed by atoms with Gasteiger partial charge < -0.3 is 83.6 Å². The molecule has 10 aromatic carbocycles. The van der Waals surface area contributed by atoms with E-state index in [9.17, 15) is 83.7 Å². The van der Waals surface area contributed by atoms with Gasteiger partial charge >= 0.3 is 0 Å². The topological polar surface area (TPSA) is 421 Å². The van der Waals surface area contributed by atoms with Crippen molar-refractivity contribution in [1.82, 2.24) is 47.9 Å². The third-order valence-electron chi connectivity index (χ3n) is 21.4. The second kappa shape index (κ2) is 62.5. The lowest BCUT2D eigenvalue weighted by molar-refractivity contribution is -0.127. The van der Waals surface area contributed by atoms with Crippen molar-refractivity contribution in [2.75, 3.05) is 60.7 Å². The van der Waals surface area contributed by atoms with Crippen molar-refractivity contribution in [1.29, 1.82) is 0 Å². The maximum Gasteiger partial charge on any atom is 0.252 e. The summed E-state index contributed by atoms with van der Waals surface area (Å²) in [5, 5.41) is 96.7. The van der Waals surface area contributed by atoms with Crippen LogP contribution in [0.15, 0.2) is 267 Å². The molecule has 0 bridgehead atoms. The average molecular weight is 2020 g/mol. The largest absolute Gasteiger partial charge is 0.508 e. The van der Waals surface area contributed by atoms with E-state index < -0.39 is 54.2 Å². The summed E-state index contributed by atoms with van der Waals surface area (Å²) >= 11 is 9.35. The molecule has 0 aromatic heterocycles. The third-order valence-corrected chi connectivity index (χ3v) is 28.1. The van der Waals surface area contributed by atoms with Crippen LogP contribution in [0.3, 0.4) is 0 Å². The van der Waals surface area contributed by atoms with Gasteiger partial charge in [-0.3, -0.25) is 47.9 Å². The highest BCUT2D eigenvalue weighted by atomic mass is 32.2. The minimum Gasteiger partial charge on any atom is -0.508 e. The van der Waals surface area contributed by atoms with E-state index in [0.717, 1.165) is 30.2 Å². The van der Waals surface area contributed by atoms with Crippen molar-refractivity contribution in [3.8, 4) is 28.7 Å². The maximum absolute atomic E-state index is 12.8. The first kappa shape index (κ1) is 117. The quantitative estimate of drug-likeness (QED) is 0.0124. The van der Waals surface area contributed by atoms with Gasteiger partial charge in [0, 0.05) is 159 Å². The van der Waals surface area contributed by atoms with Gasteiger partial charge in [0.15, 0.2) is 11.6 Å². The van der Waals surface area contributed by atoms with Gasteiger partial charge in [0.25, 0.3) is 29.5 Å². The van der Waals surface area contributed by atoms with E-state index >= 15 is 0 Å². The van der Waals surface area contributed by atoms with E-state index in [1.54, 1.807) is 139 Å². The molecule has 0 spiro atoms. The number of aromatic hydroxyl groups is 5. The van der Waals surface area contributed by atoms with Crippen LogP contribution in [0.1, 0.15) is 155 Å². The second-order valence-corrected chi connectivity index (χ2v) is 41.5. The first-order valence-electron chi connectivity index (χ1n) is 46.2. The number of Topliss-reactive ketones (excluding diaryl/α,β-unsaturated/α-hetero) is 2. The van der Waals surface area contributed by atoms with Gasteiger partial charge in [-0.15, -0.1) is 58.8 Å². The molecule has 0 heterocycles. The molecule has 32 heteroatoms. The summed E-state index contributed by atoms with van der Waals surface area (Å²) in [6.07, 6.45) is -1.31. The number of aliphatic hydroxyl groups excluding tert-OH is 2. The molecule has 0 aliphatic rings. The molecule has 26 nitrogen and oxygen atoms in total. The number of phenolic OH excluding ortho intramolecular Hbond substituents is 5. The molecule has 10 aromatic rings. The van der Waals surface area contributed by atoms with Crippen LogP contribution in [0.4, 0.5) is 0 Å². The molecule has 0 fully saturated rings. The number of carbonyl (C=O) groups excluding carboxylic acids is 10. The van der Waals surface area contributed by atoms with E-state index in [2.05, 4.69) is 61.7 Å². The molecule has 140 heavy (non-hydrogen) atoms. The molecule has 0 saturated heterocycles. The monoisotopic (exact) mass is 2020 g/mol. The fourth-order valence-corrected chi connectivity index (χ4v) is 18.5. The van der Waals surface area contributed by atoms with Gasteiger partial charge in [-0.1, -0.05) is 191 Å². The molecule has 0 aliphatic heterocycles. The summed E-state index contributed by atoms with van der Waals surface area (Å²) in [6.45, 7) is 28.6. The van der Waals surface area contributed by atoms with Crippen molar-refractivity contribution >= 4 is 129 Å². The van der Waals surface area contributed by atoms with Crippen molar-refractivity contribution in [2.24, 2.45) is 17.8 Å². The Balaban J connectivity index is 0.000000269. The number of ketones is 2. The molecule has 750 valence electrons. The zero-order valence-corrected chi connectivity index (χ0v) is 86.9. The van der Waals surface area contributed by atoms with E-state index in [0.29, 0.717) is 109 Å². The van der Waals surface area contributed by atoms with Crippen LogP contribution < -0.4 is 47.9 Å². The van der Waals surface area contributed by atoms with Gasteiger partial charge in [-0.2, -0.15) is 11.8 Å². The van der Waals surface area contributed by atoms with Crippen LogP contribution in [0.5, 0.6) is 28.7 Å². The Morgan fingerprint density at radius 3 is 0.893 bits per heavy atom. The molecule has 0 saturated carbocycles. The van der Waals surface area contributed by atoms with Crippen LogP contribution in [0.2, 0.25) is 0 Å². The Hall–Kier alpha value is -11.7. The highest BCUT2D eigenvalue weighted by Gasteiger charge is 2.31. The van der Waals surface area contributed by atoms with Crippen LogP contribution in [-0.2, 0) is 24.0 Å². The molecular formula is C108H135N9O17S6. The molecule has 0 radical (unpaired) electrons. The summed E-state index contributed by atoms with van der Waals surface area (Å²) in [6, 6.07) is 69.6. The fraction of sp³-hybridized carbons (Fsp3) is 0.352. The Morgan fingerprint density at radius 2 is 0.600 bits per heavy atom. The molecule has 8 amide bonds. The highest BCUT2D eigenvalue weighted by Crippen LogP contribution is 2.30. The normalized spacial score (nSPS) is 12.4. The van der Waals surface area contributed by atoms with Crippen LogP contribution >= 0.6 is 70.6 Å². The number of aliphatic hydroxyl groups is 2. The van der Waals surface area contributed by atoms with Crippen LogP contribution in [0.25, 0.3) is 0 Å². The van der Waals surface area contributed by atoms with E-state index in [-0.39, 0.29) is 113 Å². The predicted octanol–water partition coefficient (Wildman–Crippen LogP) is 16.7. The fourth-order valence-electron chi connectivity index (χ4n) is 12.9. The minimum atomic E-state index is -0.959. The SMILES string of the molecule is Cc1c(O)cccc1C(=O)N[C@@H](CSc1ccccc1)C(=O)C(C)C.Cc1c(O)cccc1C(=O)N[C@@H](CSc1ccccc1)C(=O)NCC(=O)C(C)C.Cc1c(O)cccc1C(=O)N[C@@H](CSc1ccccc1)C(=O)NCCSC(C)C.Cc1c(O)cccc1C(=O)N[C@@H](CSc1ccccc1)C(O)CNC(=O)CC(C)C.Cc1c(O)cccc1C(=O)N[C@@H](CSc1ccccc1)C(O)CNC(C)C. The Kier molecular flexibility index (Phi) is 52.2. The number of thioether (sulfide) groups is 6. The van der Waals surface area contributed by atoms with Crippen molar-refractivity contribution in [3.05, 3.63) is 298 Å². The summed E-state index contributed by atoms with van der Waals surface area (Å²) < 4.78 is 0. The Labute approximate surface area is 848 Å². The third kappa shape index (κ3) is 42.0. The number of hydrogen-bond donors (Lipinski definition) is 16. The smallest absolute Gasteiger partial charge is 0.252 e. The van der Waals surface area contributed by atoms with Gasteiger partial charge in [0.1, 0.15) is 40.8 Å². The lowest BCUT2D eigenvalue weighted by atomic mass is 10.0. The summed E-state index contributed by atoms with van der Waals surface area (Å²) in [5.74, 6) is 0.391. The lowest BCUT2D eigenvalue weighted by Gasteiger charge is -2.25. The number of amides is 8. The number of phenols is 5. The van der Waals surface area contributed by atoms with E-state index in [1.807, 2.05) is 193 Å². The minimum absolute atomic E-state index is 0.00501. The van der Waals surface area contributed by atoms with Crippen molar-refractivity contribution in [2.45, 2.75) is 188 Å². The van der Waals surface area contributed by atoms with Gasteiger partial charge in [-0.05, 0) is 167 Å². The lowest BCUT2D eigenvalue weighted by Crippen LogP contribution is -2.50.